The van der Waals surface area contributed by atoms with Crippen LogP contribution in [0, 0.1) is 5.92 Å². The molecule has 4 atom stereocenters. The van der Waals surface area contributed by atoms with E-state index in [2.05, 4.69) is 6.92 Å². The lowest BCUT2D eigenvalue weighted by molar-refractivity contribution is -0.150. The SMILES string of the molecule is CC1CCC(C(N)C2CCOC3(CCC3)C2)O1. The molecule has 3 nitrogen and oxygen atoms in total. The molecule has 0 amide bonds. The van der Waals surface area contributed by atoms with Gasteiger partial charge in [0.2, 0.25) is 0 Å². The summed E-state index contributed by atoms with van der Waals surface area (Å²) in [6, 6.07) is 0.223. The first-order valence-electron chi connectivity index (χ1n) is 7.24. The third-order valence-electron chi connectivity index (χ3n) is 5.03. The molecule has 1 saturated carbocycles. The summed E-state index contributed by atoms with van der Waals surface area (Å²) in [5, 5.41) is 0. The average molecular weight is 239 g/mol. The third-order valence-corrected chi connectivity index (χ3v) is 5.03. The van der Waals surface area contributed by atoms with E-state index in [1.807, 2.05) is 0 Å². The smallest absolute Gasteiger partial charge is 0.0733 e. The van der Waals surface area contributed by atoms with E-state index < -0.39 is 0 Å². The molecule has 2 N–H and O–H groups in total. The van der Waals surface area contributed by atoms with Crippen LogP contribution in [0.5, 0.6) is 0 Å². The van der Waals surface area contributed by atoms with Crippen LogP contribution in [0.1, 0.15) is 51.9 Å². The molecule has 1 spiro atoms. The van der Waals surface area contributed by atoms with Crippen molar-refractivity contribution in [2.75, 3.05) is 6.61 Å². The largest absolute Gasteiger partial charge is 0.375 e. The molecule has 3 aliphatic rings. The maximum Gasteiger partial charge on any atom is 0.0733 e. The molecule has 0 aromatic rings. The minimum atomic E-state index is 0.213. The maximum atomic E-state index is 6.44. The topological polar surface area (TPSA) is 44.5 Å². The van der Waals surface area contributed by atoms with Gasteiger partial charge in [-0.25, -0.2) is 0 Å². The fourth-order valence-electron chi connectivity index (χ4n) is 3.73. The molecule has 98 valence electrons. The molecular formula is C14H25NO2. The summed E-state index contributed by atoms with van der Waals surface area (Å²) in [7, 11) is 0. The van der Waals surface area contributed by atoms with Crippen LogP contribution in [0.15, 0.2) is 0 Å². The van der Waals surface area contributed by atoms with Gasteiger partial charge in [0, 0.05) is 12.6 Å². The second-order valence-corrected chi connectivity index (χ2v) is 6.28. The Hall–Kier alpha value is -0.120. The standard InChI is InChI=1S/C14H25NO2/c1-10-3-4-12(17-10)13(15)11-5-8-16-14(9-11)6-2-7-14/h10-13H,2-9,15H2,1H3. The van der Waals surface area contributed by atoms with Gasteiger partial charge in [-0.3, -0.25) is 0 Å². The summed E-state index contributed by atoms with van der Waals surface area (Å²) < 4.78 is 11.9. The molecule has 0 radical (unpaired) electrons. The summed E-state index contributed by atoms with van der Waals surface area (Å²) in [6.07, 6.45) is 9.14. The average Bonchev–Trinajstić information content (AvgIpc) is 2.73. The van der Waals surface area contributed by atoms with Crippen molar-refractivity contribution in [1.82, 2.24) is 0 Å². The molecular weight excluding hydrogens is 214 g/mol. The molecule has 3 rings (SSSR count). The number of nitrogens with two attached hydrogens (primary N) is 1. The fourth-order valence-corrected chi connectivity index (χ4v) is 3.73. The van der Waals surface area contributed by atoms with Crippen LogP contribution in [-0.4, -0.2) is 30.5 Å². The van der Waals surface area contributed by atoms with Crippen LogP contribution >= 0.6 is 0 Å². The number of hydrogen-bond acceptors (Lipinski definition) is 3. The van der Waals surface area contributed by atoms with Crippen molar-refractivity contribution in [2.45, 2.75) is 75.7 Å². The first-order chi connectivity index (χ1) is 8.19. The lowest BCUT2D eigenvalue weighted by Crippen LogP contribution is -2.52. The molecule has 3 heteroatoms. The highest BCUT2D eigenvalue weighted by molar-refractivity contribution is 4.98. The first kappa shape index (κ1) is 11.9. The van der Waals surface area contributed by atoms with E-state index >= 15 is 0 Å². The van der Waals surface area contributed by atoms with Crippen LogP contribution in [0.2, 0.25) is 0 Å². The van der Waals surface area contributed by atoms with Crippen LogP contribution in [0.3, 0.4) is 0 Å². The van der Waals surface area contributed by atoms with Crippen LogP contribution in [0.4, 0.5) is 0 Å². The fraction of sp³-hybridized carbons (Fsp3) is 1.00. The monoisotopic (exact) mass is 239 g/mol. The Morgan fingerprint density at radius 2 is 2.06 bits per heavy atom. The van der Waals surface area contributed by atoms with Crippen molar-refractivity contribution in [3.05, 3.63) is 0 Å². The molecule has 0 aromatic heterocycles. The van der Waals surface area contributed by atoms with Crippen LogP contribution in [0.25, 0.3) is 0 Å². The second kappa shape index (κ2) is 4.52. The van der Waals surface area contributed by atoms with Gasteiger partial charge in [0.25, 0.3) is 0 Å². The highest BCUT2D eigenvalue weighted by Crippen LogP contribution is 2.45. The number of ether oxygens (including phenoxy) is 2. The lowest BCUT2D eigenvalue weighted by atomic mass is 9.70. The van der Waals surface area contributed by atoms with Gasteiger partial charge in [0.1, 0.15) is 0 Å². The molecule has 17 heavy (non-hydrogen) atoms. The van der Waals surface area contributed by atoms with Crippen LogP contribution in [-0.2, 0) is 9.47 Å². The Morgan fingerprint density at radius 3 is 2.65 bits per heavy atom. The van der Waals surface area contributed by atoms with Gasteiger partial charge in [-0.05, 0) is 57.8 Å². The molecule has 1 aliphatic carbocycles. The highest BCUT2D eigenvalue weighted by atomic mass is 16.5. The van der Waals surface area contributed by atoms with E-state index in [0.717, 1.165) is 19.4 Å². The van der Waals surface area contributed by atoms with Crippen molar-refractivity contribution in [2.24, 2.45) is 11.7 Å². The van der Waals surface area contributed by atoms with E-state index in [-0.39, 0.29) is 11.6 Å². The summed E-state index contributed by atoms with van der Waals surface area (Å²) >= 11 is 0. The Bertz CT molecular complexity index is 277. The van der Waals surface area contributed by atoms with E-state index in [1.165, 1.54) is 32.1 Å². The van der Waals surface area contributed by atoms with Crippen LogP contribution < -0.4 is 5.73 Å². The minimum absolute atomic E-state index is 0.213. The second-order valence-electron chi connectivity index (χ2n) is 6.28. The van der Waals surface area contributed by atoms with E-state index in [1.54, 1.807) is 0 Å². The van der Waals surface area contributed by atoms with Gasteiger partial charge in [0.15, 0.2) is 0 Å². The minimum Gasteiger partial charge on any atom is -0.375 e. The van der Waals surface area contributed by atoms with Gasteiger partial charge in [0.05, 0.1) is 17.8 Å². The summed E-state index contributed by atoms with van der Waals surface area (Å²) in [5.74, 6) is 0.611. The van der Waals surface area contributed by atoms with Gasteiger partial charge in [-0.1, -0.05) is 0 Å². The molecule has 2 aliphatic heterocycles. The molecule has 2 saturated heterocycles. The number of hydrogen-bond donors (Lipinski definition) is 1. The van der Waals surface area contributed by atoms with Crippen molar-refractivity contribution in [3.63, 3.8) is 0 Å². The first-order valence-corrected chi connectivity index (χ1v) is 7.24. The molecule has 0 bridgehead atoms. The Kier molecular flexibility index (Phi) is 3.18. The van der Waals surface area contributed by atoms with E-state index in [4.69, 9.17) is 15.2 Å². The zero-order valence-corrected chi connectivity index (χ0v) is 10.9. The van der Waals surface area contributed by atoms with Crippen molar-refractivity contribution in [1.29, 1.82) is 0 Å². The van der Waals surface area contributed by atoms with Gasteiger partial charge in [-0.2, -0.15) is 0 Å². The molecule has 0 aromatic carbocycles. The maximum absolute atomic E-state index is 6.44. The Morgan fingerprint density at radius 1 is 1.24 bits per heavy atom. The quantitative estimate of drug-likeness (QED) is 0.803. The molecule has 3 fully saturated rings. The normalized spacial score (nSPS) is 42.4. The lowest BCUT2D eigenvalue weighted by Gasteiger charge is -2.48. The molecule has 4 unspecified atom stereocenters. The summed E-state index contributed by atoms with van der Waals surface area (Å²) in [4.78, 5) is 0. The highest BCUT2D eigenvalue weighted by Gasteiger charge is 2.45. The van der Waals surface area contributed by atoms with Gasteiger partial charge >= 0.3 is 0 Å². The Labute approximate surface area is 104 Å². The predicted octanol–water partition coefficient (Wildman–Crippen LogP) is 2.23. The zero-order valence-electron chi connectivity index (χ0n) is 10.9. The summed E-state index contributed by atoms with van der Waals surface area (Å²) in [6.45, 7) is 3.06. The van der Waals surface area contributed by atoms with E-state index in [0.29, 0.717) is 18.1 Å². The van der Waals surface area contributed by atoms with Gasteiger partial charge in [-0.15, -0.1) is 0 Å². The third kappa shape index (κ3) is 2.25. The van der Waals surface area contributed by atoms with Crippen molar-refractivity contribution < 1.29 is 9.47 Å². The van der Waals surface area contributed by atoms with E-state index in [9.17, 15) is 0 Å². The molecule has 2 heterocycles. The zero-order chi connectivity index (χ0) is 11.9. The summed E-state index contributed by atoms with van der Waals surface area (Å²) in [5.41, 5.74) is 6.65. The van der Waals surface area contributed by atoms with Crippen molar-refractivity contribution >= 4 is 0 Å². The van der Waals surface area contributed by atoms with Gasteiger partial charge < -0.3 is 15.2 Å². The number of rotatable bonds is 2. The Balaban J connectivity index is 1.59. The van der Waals surface area contributed by atoms with Crippen molar-refractivity contribution in [3.8, 4) is 0 Å². The predicted molar refractivity (Wildman–Crippen MR) is 66.8 cm³/mol.